The van der Waals surface area contributed by atoms with Crippen molar-refractivity contribution in [3.8, 4) is 0 Å². The summed E-state index contributed by atoms with van der Waals surface area (Å²) in [4.78, 5) is 12.1. The summed E-state index contributed by atoms with van der Waals surface area (Å²) < 4.78 is 21.5. The highest BCUT2D eigenvalue weighted by atomic mass is 32.2. The molecule has 7 heteroatoms. The molecule has 0 atom stereocenters. The minimum atomic E-state index is -3.50. The first-order valence-electron chi connectivity index (χ1n) is 5.89. The number of nitrogens with one attached hydrogen (secondary N) is 2. The first-order valence-corrected chi connectivity index (χ1v) is 7.61. The van der Waals surface area contributed by atoms with Crippen LogP contribution >= 0.6 is 0 Å². The molecular formula is C10H21N3O3S. The molecule has 100 valence electrons. The van der Waals surface area contributed by atoms with Gasteiger partial charge in [-0.3, -0.25) is 4.79 Å². The monoisotopic (exact) mass is 263 g/mol. The van der Waals surface area contributed by atoms with Gasteiger partial charge < -0.3 is 10.6 Å². The van der Waals surface area contributed by atoms with Crippen LogP contribution in [0.5, 0.6) is 0 Å². The van der Waals surface area contributed by atoms with Gasteiger partial charge in [0.05, 0.1) is 11.2 Å². The lowest BCUT2D eigenvalue weighted by molar-refractivity contribution is -0.132. The van der Waals surface area contributed by atoms with Gasteiger partial charge in [-0.2, -0.15) is 0 Å². The van der Waals surface area contributed by atoms with Gasteiger partial charge in [0.1, 0.15) is 0 Å². The van der Waals surface area contributed by atoms with Crippen LogP contribution in [0.2, 0.25) is 0 Å². The summed E-state index contributed by atoms with van der Waals surface area (Å²) in [6.45, 7) is 3.74. The Labute approximate surface area is 102 Å². The van der Waals surface area contributed by atoms with Crippen LogP contribution in [0.4, 0.5) is 0 Å². The van der Waals surface area contributed by atoms with Crippen molar-refractivity contribution in [3.05, 3.63) is 0 Å². The number of primary sulfonamides is 1. The SMILES string of the molecule is CCC1(C(=O)NCCS(N)(=O)=O)CCNCC1. The van der Waals surface area contributed by atoms with Crippen molar-refractivity contribution < 1.29 is 13.2 Å². The van der Waals surface area contributed by atoms with E-state index in [1.165, 1.54) is 0 Å². The van der Waals surface area contributed by atoms with Gasteiger partial charge in [0, 0.05) is 6.54 Å². The lowest BCUT2D eigenvalue weighted by atomic mass is 9.76. The number of hydrogen-bond acceptors (Lipinski definition) is 4. The fourth-order valence-corrected chi connectivity index (χ4v) is 2.53. The van der Waals surface area contributed by atoms with Gasteiger partial charge >= 0.3 is 0 Å². The van der Waals surface area contributed by atoms with E-state index in [-0.39, 0.29) is 23.6 Å². The molecule has 0 saturated carbocycles. The Kier molecular flexibility index (Phi) is 4.91. The fraction of sp³-hybridized carbons (Fsp3) is 0.900. The molecule has 1 aliphatic rings. The molecule has 1 heterocycles. The second-order valence-electron chi connectivity index (χ2n) is 4.51. The van der Waals surface area contributed by atoms with Crippen LogP contribution in [0.1, 0.15) is 26.2 Å². The lowest BCUT2D eigenvalue weighted by Gasteiger charge is -2.35. The predicted molar refractivity (Wildman–Crippen MR) is 65.8 cm³/mol. The molecule has 1 rings (SSSR count). The molecule has 1 aliphatic heterocycles. The smallest absolute Gasteiger partial charge is 0.226 e. The van der Waals surface area contributed by atoms with Crippen molar-refractivity contribution in [2.45, 2.75) is 26.2 Å². The minimum Gasteiger partial charge on any atom is -0.355 e. The van der Waals surface area contributed by atoms with Crippen molar-refractivity contribution in [2.24, 2.45) is 10.6 Å². The van der Waals surface area contributed by atoms with Crippen molar-refractivity contribution in [1.82, 2.24) is 10.6 Å². The summed E-state index contributed by atoms with van der Waals surface area (Å²) in [5.41, 5.74) is -0.344. The predicted octanol–water partition coefficient (Wildman–Crippen LogP) is -0.829. The van der Waals surface area contributed by atoms with Crippen LogP contribution in [-0.2, 0) is 14.8 Å². The quantitative estimate of drug-likeness (QED) is 0.602. The third-order valence-corrected chi connectivity index (χ3v) is 4.16. The third kappa shape index (κ3) is 4.25. The Hall–Kier alpha value is -0.660. The van der Waals surface area contributed by atoms with E-state index < -0.39 is 10.0 Å². The van der Waals surface area contributed by atoms with E-state index in [1.54, 1.807) is 0 Å². The normalized spacial score (nSPS) is 19.9. The number of piperidine rings is 1. The zero-order valence-electron chi connectivity index (χ0n) is 10.2. The minimum absolute atomic E-state index is 0.0508. The van der Waals surface area contributed by atoms with E-state index in [0.29, 0.717) is 0 Å². The number of sulfonamides is 1. The highest BCUT2D eigenvalue weighted by molar-refractivity contribution is 7.89. The number of hydrogen-bond donors (Lipinski definition) is 3. The van der Waals surface area contributed by atoms with Crippen LogP contribution in [0.25, 0.3) is 0 Å². The van der Waals surface area contributed by atoms with Gasteiger partial charge in [-0.15, -0.1) is 0 Å². The first-order chi connectivity index (χ1) is 7.90. The maximum atomic E-state index is 12.1. The van der Waals surface area contributed by atoms with Gasteiger partial charge in [0.25, 0.3) is 0 Å². The lowest BCUT2D eigenvalue weighted by Crippen LogP contribution is -2.48. The summed E-state index contributed by atoms with van der Waals surface area (Å²) >= 11 is 0. The van der Waals surface area contributed by atoms with Crippen LogP contribution < -0.4 is 15.8 Å². The highest BCUT2D eigenvalue weighted by Gasteiger charge is 2.37. The average molecular weight is 263 g/mol. The van der Waals surface area contributed by atoms with E-state index in [2.05, 4.69) is 10.6 Å². The van der Waals surface area contributed by atoms with Gasteiger partial charge in [-0.25, -0.2) is 13.6 Å². The third-order valence-electron chi connectivity index (χ3n) is 3.39. The molecule has 17 heavy (non-hydrogen) atoms. The number of carbonyl (C=O) groups excluding carboxylic acids is 1. The summed E-state index contributed by atoms with van der Waals surface area (Å²) in [6.07, 6.45) is 2.37. The molecule has 0 aromatic rings. The molecule has 0 unspecified atom stereocenters. The molecule has 0 spiro atoms. The van der Waals surface area contributed by atoms with Crippen molar-refractivity contribution in [3.63, 3.8) is 0 Å². The van der Waals surface area contributed by atoms with Gasteiger partial charge in [-0.05, 0) is 32.4 Å². The maximum Gasteiger partial charge on any atom is 0.226 e. The molecule has 1 amide bonds. The topological polar surface area (TPSA) is 101 Å². The zero-order chi connectivity index (χ0) is 12.9. The van der Waals surface area contributed by atoms with Crippen LogP contribution in [-0.4, -0.2) is 39.7 Å². The largest absolute Gasteiger partial charge is 0.355 e. The Balaban J connectivity index is 2.49. The van der Waals surface area contributed by atoms with Gasteiger partial charge in [0.2, 0.25) is 15.9 Å². The second-order valence-corrected chi connectivity index (χ2v) is 6.24. The van der Waals surface area contributed by atoms with E-state index >= 15 is 0 Å². The summed E-state index contributed by atoms with van der Waals surface area (Å²) in [5.74, 6) is -0.262. The van der Waals surface area contributed by atoms with Gasteiger partial charge in [-0.1, -0.05) is 6.92 Å². The number of rotatable bonds is 5. The van der Waals surface area contributed by atoms with E-state index in [0.717, 1.165) is 32.4 Å². The molecule has 0 aliphatic carbocycles. The number of nitrogens with two attached hydrogens (primary N) is 1. The molecule has 1 saturated heterocycles. The Bertz CT molecular complexity index is 361. The molecule has 4 N–H and O–H groups in total. The molecule has 6 nitrogen and oxygen atoms in total. The molecular weight excluding hydrogens is 242 g/mol. The molecule has 0 bridgehead atoms. The molecule has 0 aromatic heterocycles. The van der Waals surface area contributed by atoms with Gasteiger partial charge in [0.15, 0.2) is 0 Å². The van der Waals surface area contributed by atoms with Crippen LogP contribution in [0.15, 0.2) is 0 Å². The van der Waals surface area contributed by atoms with E-state index in [1.807, 2.05) is 6.92 Å². The number of carbonyl (C=O) groups is 1. The maximum absolute atomic E-state index is 12.1. The van der Waals surface area contributed by atoms with Crippen molar-refractivity contribution in [2.75, 3.05) is 25.4 Å². The summed E-state index contributed by atoms with van der Waals surface area (Å²) in [5, 5.41) is 10.8. The Morgan fingerprint density at radius 3 is 2.47 bits per heavy atom. The summed E-state index contributed by atoms with van der Waals surface area (Å²) in [7, 11) is -3.50. The number of amides is 1. The average Bonchev–Trinajstić information content (AvgIpc) is 2.28. The molecule has 0 aromatic carbocycles. The van der Waals surface area contributed by atoms with E-state index in [9.17, 15) is 13.2 Å². The standard InChI is InChI=1S/C10H21N3O3S/c1-2-10(3-5-12-6-4-10)9(14)13-7-8-17(11,15)16/h12H,2-8H2,1H3,(H,13,14)(H2,11,15,16). The molecule has 1 fully saturated rings. The zero-order valence-corrected chi connectivity index (χ0v) is 11.0. The van der Waals surface area contributed by atoms with Crippen LogP contribution in [0, 0.1) is 5.41 Å². The Morgan fingerprint density at radius 2 is 2.00 bits per heavy atom. The Morgan fingerprint density at radius 1 is 1.41 bits per heavy atom. The fourth-order valence-electron chi connectivity index (χ4n) is 2.14. The molecule has 0 radical (unpaired) electrons. The van der Waals surface area contributed by atoms with Crippen LogP contribution in [0.3, 0.4) is 0 Å². The van der Waals surface area contributed by atoms with E-state index in [4.69, 9.17) is 5.14 Å². The second kappa shape index (κ2) is 5.79. The first kappa shape index (κ1) is 14.4. The van der Waals surface area contributed by atoms with Crippen molar-refractivity contribution >= 4 is 15.9 Å². The van der Waals surface area contributed by atoms with Crippen molar-refractivity contribution in [1.29, 1.82) is 0 Å². The highest BCUT2D eigenvalue weighted by Crippen LogP contribution is 2.32. The summed E-state index contributed by atoms with van der Waals surface area (Å²) in [6, 6.07) is 0.